The minimum Gasteiger partial charge on any atom is -0.464 e. The summed E-state index contributed by atoms with van der Waals surface area (Å²) >= 11 is 3.39. The monoisotopic (exact) mass is 814 g/mol. The Labute approximate surface area is 325 Å². The van der Waals surface area contributed by atoms with Crippen molar-refractivity contribution in [3.05, 3.63) is 60.8 Å². The molecule has 4 heterocycles. The molecule has 0 bridgehead atoms. The molecular formula is C38H64BrClN6O6. The van der Waals surface area contributed by atoms with Crippen molar-refractivity contribution >= 4 is 46.0 Å². The molecule has 2 aliphatic rings. The molecular weight excluding hydrogens is 752 g/mol. The summed E-state index contributed by atoms with van der Waals surface area (Å²) in [6.45, 7) is 20.3. The van der Waals surface area contributed by atoms with Crippen LogP contribution in [0.4, 0.5) is 5.69 Å². The lowest BCUT2D eigenvalue weighted by molar-refractivity contribution is -0.148. The first-order valence-corrected chi connectivity index (χ1v) is 18.9. The average Bonchev–Trinajstić information content (AvgIpc) is 2.96. The van der Waals surface area contributed by atoms with Gasteiger partial charge in [-0.3, -0.25) is 14.2 Å². The summed E-state index contributed by atoms with van der Waals surface area (Å²) < 4.78 is 14.1. The number of hydrogen-bond donors (Lipinski definition) is 1. The maximum absolute atomic E-state index is 12.6. The first kappa shape index (κ1) is 47.3. The molecule has 12 nitrogen and oxygen atoms in total. The van der Waals surface area contributed by atoms with Crippen molar-refractivity contribution in [3.63, 3.8) is 0 Å². The third-order valence-electron chi connectivity index (χ3n) is 9.09. The van der Waals surface area contributed by atoms with Crippen molar-refractivity contribution in [1.29, 1.82) is 0 Å². The van der Waals surface area contributed by atoms with Crippen LogP contribution in [0.1, 0.15) is 77.6 Å². The number of pyridine rings is 2. The SMILES string of the molecule is CCOC(=O)C(CC(C)C)n1cc(Br)c(C)cc1=O.CCOC(=O)C(CC(C)C)n1cc(N2CC(N(C)C)C2)c(C)cc1=O.CN(C)C1CNC1.Cl. The lowest BCUT2D eigenvalue weighted by Gasteiger charge is -2.45. The zero-order chi connectivity index (χ0) is 38.6. The van der Waals surface area contributed by atoms with Crippen LogP contribution in [0.2, 0.25) is 0 Å². The van der Waals surface area contributed by atoms with E-state index in [2.05, 4.69) is 64.1 Å². The van der Waals surface area contributed by atoms with Gasteiger partial charge in [-0.1, -0.05) is 27.7 Å². The van der Waals surface area contributed by atoms with E-state index in [9.17, 15) is 19.2 Å². The van der Waals surface area contributed by atoms with Gasteiger partial charge in [-0.05, 0) is 108 Å². The van der Waals surface area contributed by atoms with Crippen LogP contribution in [-0.2, 0) is 19.1 Å². The summed E-state index contributed by atoms with van der Waals surface area (Å²) in [6, 6.07) is 3.35. The zero-order valence-electron chi connectivity index (χ0n) is 33.4. The van der Waals surface area contributed by atoms with Gasteiger partial charge in [0.2, 0.25) is 0 Å². The first-order valence-electron chi connectivity index (χ1n) is 18.1. The van der Waals surface area contributed by atoms with Gasteiger partial charge >= 0.3 is 11.9 Å². The lowest BCUT2D eigenvalue weighted by atomic mass is 10.0. The van der Waals surface area contributed by atoms with E-state index in [4.69, 9.17) is 9.47 Å². The number of rotatable bonds is 13. The number of halogens is 2. The molecule has 4 rings (SSSR count). The molecule has 2 saturated heterocycles. The van der Waals surface area contributed by atoms with Gasteiger partial charge in [0.25, 0.3) is 11.1 Å². The normalized spacial score (nSPS) is 15.4. The third-order valence-corrected chi connectivity index (χ3v) is 9.92. The summed E-state index contributed by atoms with van der Waals surface area (Å²) in [6.07, 6.45) is 4.67. The highest BCUT2D eigenvalue weighted by Crippen LogP contribution is 2.28. The smallest absolute Gasteiger partial charge is 0.329 e. The molecule has 296 valence electrons. The number of nitrogens with one attached hydrogen (secondary N) is 1. The minimum absolute atomic E-state index is 0. The van der Waals surface area contributed by atoms with Gasteiger partial charge in [-0.15, -0.1) is 12.4 Å². The molecule has 0 aliphatic carbocycles. The number of aryl methyl sites for hydroxylation is 2. The predicted octanol–water partition coefficient (Wildman–Crippen LogP) is 5.07. The number of anilines is 1. The molecule has 0 spiro atoms. The van der Waals surface area contributed by atoms with Crippen LogP contribution in [-0.4, -0.2) is 111 Å². The lowest BCUT2D eigenvalue weighted by Crippen LogP contribution is -2.58. The summed E-state index contributed by atoms with van der Waals surface area (Å²) in [4.78, 5) is 55.8. The third kappa shape index (κ3) is 13.9. The number of carbonyl (C=O) groups excluding carboxylic acids is 2. The Hall–Kier alpha value is -2.71. The number of hydrogen-bond acceptors (Lipinski definition) is 10. The molecule has 14 heteroatoms. The van der Waals surface area contributed by atoms with E-state index in [0.29, 0.717) is 38.0 Å². The molecule has 2 atom stereocenters. The van der Waals surface area contributed by atoms with E-state index < -0.39 is 12.1 Å². The predicted molar refractivity (Wildman–Crippen MR) is 216 cm³/mol. The highest BCUT2D eigenvalue weighted by atomic mass is 79.9. The fourth-order valence-corrected chi connectivity index (χ4v) is 6.03. The Morgan fingerprint density at radius 2 is 1.21 bits per heavy atom. The number of aromatic nitrogens is 2. The number of nitrogens with zero attached hydrogens (tertiary/aromatic N) is 5. The van der Waals surface area contributed by atoms with Crippen molar-refractivity contribution in [3.8, 4) is 0 Å². The average molecular weight is 816 g/mol. The van der Waals surface area contributed by atoms with Gasteiger partial charge < -0.3 is 34.1 Å². The van der Waals surface area contributed by atoms with Gasteiger partial charge in [0.1, 0.15) is 12.1 Å². The number of carbonyl (C=O) groups is 2. The number of ether oxygens (including phenoxy) is 2. The number of likely N-dealkylation sites (N-methyl/N-ethyl adjacent to an activating group) is 2. The Morgan fingerprint density at radius 3 is 1.56 bits per heavy atom. The summed E-state index contributed by atoms with van der Waals surface area (Å²) in [5, 5.41) is 3.20. The highest BCUT2D eigenvalue weighted by Gasteiger charge is 2.31. The Balaban J connectivity index is 0.000000441. The van der Waals surface area contributed by atoms with Gasteiger partial charge in [0.15, 0.2) is 0 Å². The van der Waals surface area contributed by atoms with E-state index in [0.717, 1.165) is 40.4 Å². The second kappa shape index (κ2) is 22.5. The molecule has 1 N–H and O–H groups in total. The fraction of sp³-hybridized carbons (Fsp3) is 0.684. The van der Waals surface area contributed by atoms with Crippen molar-refractivity contribution in [2.45, 2.75) is 92.4 Å². The Kier molecular flexibility index (Phi) is 20.5. The molecule has 2 aromatic heterocycles. The summed E-state index contributed by atoms with van der Waals surface area (Å²) in [7, 11) is 8.39. The van der Waals surface area contributed by atoms with Crippen LogP contribution in [0, 0.1) is 25.7 Å². The van der Waals surface area contributed by atoms with Crippen molar-refractivity contribution in [1.82, 2.24) is 24.3 Å². The second-order valence-electron chi connectivity index (χ2n) is 14.7. The molecule has 0 amide bonds. The topological polar surface area (TPSA) is 118 Å². The quantitative estimate of drug-likeness (QED) is 0.275. The molecule has 2 unspecified atom stereocenters. The molecule has 2 aliphatic heterocycles. The Bertz CT molecular complexity index is 1530. The summed E-state index contributed by atoms with van der Waals surface area (Å²) in [5.74, 6) is -0.105. The van der Waals surface area contributed by atoms with Gasteiger partial charge in [0.05, 0.1) is 18.9 Å². The van der Waals surface area contributed by atoms with Gasteiger partial charge in [-0.2, -0.15) is 0 Å². The largest absolute Gasteiger partial charge is 0.464 e. The van der Waals surface area contributed by atoms with Crippen molar-refractivity contribution in [2.24, 2.45) is 11.8 Å². The fourth-order valence-electron chi connectivity index (χ4n) is 5.70. The van der Waals surface area contributed by atoms with E-state index in [1.807, 2.05) is 47.7 Å². The van der Waals surface area contributed by atoms with Crippen LogP contribution in [0.25, 0.3) is 0 Å². The van der Waals surface area contributed by atoms with Crippen LogP contribution in [0.5, 0.6) is 0 Å². The van der Waals surface area contributed by atoms with Crippen LogP contribution in [0.3, 0.4) is 0 Å². The zero-order valence-corrected chi connectivity index (χ0v) is 35.8. The van der Waals surface area contributed by atoms with E-state index in [1.54, 1.807) is 30.7 Å². The molecule has 52 heavy (non-hydrogen) atoms. The maximum atomic E-state index is 12.6. The van der Waals surface area contributed by atoms with Crippen LogP contribution >= 0.6 is 28.3 Å². The highest BCUT2D eigenvalue weighted by molar-refractivity contribution is 9.10. The van der Waals surface area contributed by atoms with E-state index >= 15 is 0 Å². The standard InChI is InChI=1S/C19H31N3O3.C14H20BrNO3.C5H12N2.ClH/c1-7-25-19(24)16(8-13(2)3)22-12-17(14(4)9-18(22)23)21-10-15(11-21)20(5)6;1-5-19-14(18)12(6-9(2)3)16-8-11(15)10(4)7-13(16)17;1-7(2)5-3-6-4-5;/h9,12-13,15-16H,7-8,10-11H2,1-6H3;7-9,12H,5-6H2,1-4H3;5-6H,3-4H2,1-2H3;1H. The Morgan fingerprint density at radius 1 is 0.788 bits per heavy atom. The molecule has 2 fully saturated rings. The molecule has 0 aromatic carbocycles. The van der Waals surface area contributed by atoms with Crippen LogP contribution in [0.15, 0.2) is 38.6 Å². The van der Waals surface area contributed by atoms with E-state index in [-0.39, 0.29) is 41.4 Å². The molecule has 0 saturated carbocycles. The van der Waals surface area contributed by atoms with E-state index in [1.165, 1.54) is 23.7 Å². The maximum Gasteiger partial charge on any atom is 0.329 e. The molecule has 0 radical (unpaired) electrons. The van der Waals surface area contributed by atoms with Gasteiger partial charge in [-0.25, -0.2) is 9.59 Å². The molecule has 2 aromatic rings. The van der Waals surface area contributed by atoms with Crippen molar-refractivity contribution < 1.29 is 19.1 Å². The van der Waals surface area contributed by atoms with Crippen molar-refractivity contribution in [2.75, 3.05) is 72.5 Å². The summed E-state index contributed by atoms with van der Waals surface area (Å²) in [5.41, 5.74) is 2.50. The second-order valence-corrected chi connectivity index (χ2v) is 15.6. The number of esters is 2. The van der Waals surface area contributed by atoms with Gasteiger partial charge in [0, 0.05) is 67.3 Å². The first-order chi connectivity index (χ1) is 23.9. The minimum atomic E-state index is -0.572. The van der Waals surface area contributed by atoms with Crippen LogP contribution < -0.4 is 21.3 Å².